The first-order valence-electron chi connectivity index (χ1n) is 7.63. The van der Waals surface area contributed by atoms with Gasteiger partial charge in [-0.25, -0.2) is 9.67 Å². The Hall–Kier alpha value is -2.48. The molecule has 8 nitrogen and oxygen atoms in total. The van der Waals surface area contributed by atoms with Crippen LogP contribution >= 0.6 is 0 Å². The molecule has 8 heteroatoms. The van der Waals surface area contributed by atoms with Gasteiger partial charge in [0, 0.05) is 24.7 Å². The van der Waals surface area contributed by atoms with Crippen LogP contribution in [0.4, 0.5) is 11.4 Å². The van der Waals surface area contributed by atoms with Crippen molar-refractivity contribution in [3.63, 3.8) is 0 Å². The van der Waals surface area contributed by atoms with Gasteiger partial charge in [0.1, 0.15) is 12.0 Å². The standard InChI is InChI=1S/C15H22N6O2/c1-11(6-3-4-9-16)19-14-12(15-17-10-18-20(15)2)7-5-8-13(14)21(22)23/h5,7-8,10-11,19H,3-4,6,9,16H2,1-2H3. The summed E-state index contributed by atoms with van der Waals surface area (Å²) in [6.45, 7) is 2.66. The second-order valence-electron chi connectivity index (χ2n) is 5.49. The largest absolute Gasteiger partial charge is 0.376 e. The highest BCUT2D eigenvalue weighted by Crippen LogP contribution is 2.35. The van der Waals surface area contributed by atoms with E-state index in [1.165, 1.54) is 12.4 Å². The van der Waals surface area contributed by atoms with E-state index in [-0.39, 0.29) is 16.7 Å². The molecule has 1 atom stereocenters. The topological polar surface area (TPSA) is 112 Å². The van der Waals surface area contributed by atoms with E-state index in [0.29, 0.717) is 23.6 Å². The van der Waals surface area contributed by atoms with Gasteiger partial charge >= 0.3 is 0 Å². The van der Waals surface area contributed by atoms with Crippen molar-refractivity contribution in [2.75, 3.05) is 11.9 Å². The van der Waals surface area contributed by atoms with Crippen LogP contribution in [0.2, 0.25) is 0 Å². The van der Waals surface area contributed by atoms with E-state index in [9.17, 15) is 10.1 Å². The van der Waals surface area contributed by atoms with Crippen LogP contribution in [0.25, 0.3) is 11.4 Å². The average molecular weight is 318 g/mol. The molecule has 0 radical (unpaired) electrons. The van der Waals surface area contributed by atoms with E-state index in [0.717, 1.165) is 19.3 Å². The minimum absolute atomic E-state index is 0.0381. The predicted octanol–water partition coefficient (Wildman–Crippen LogP) is 2.32. The average Bonchev–Trinajstić information content (AvgIpc) is 2.93. The number of hydrogen-bond acceptors (Lipinski definition) is 6. The zero-order valence-corrected chi connectivity index (χ0v) is 13.4. The number of para-hydroxylation sites is 1. The Morgan fingerprint density at radius 3 is 2.83 bits per heavy atom. The molecule has 0 spiro atoms. The fourth-order valence-electron chi connectivity index (χ4n) is 2.48. The molecule has 23 heavy (non-hydrogen) atoms. The zero-order valence-electron chi connectivity index (χ0n) is 13.4. The normalized spacial score (nSPS) is 12.1. The zero-order chi connectivity index (χ0) is 16.8. The number of nitro benzene ring substituents is 1. The van der Waals surface area contributed by atoms with Gasteiger partial charge in [-0.2, -0.15) is 5.10 Å². The van der Waals surface area contributed by atoms with Gasteiger partial charge in [0.2, 0.25) is 0 Å². The second kappa shape index (κ2) is 7.68. The number of anilines is 1. The van der Waals surface area contributed by atoms with Crippen LogP contribution in [-0.4, -0.2) is 32.3 Å². The lowest BCUT2D eigenvalue weighted by Gasteiger charge is -2.17. The lowest BCUT2D eigenvalue weighted by atomic mass is 10.1. The number of aromatic nitrogens is 3. The molecule has 0 aliphatic rings. The van der Waals surface area contributed by atoms with E-state index in [1.54, 1.807) is 17.8 Å². The van der Waals surface area contributed by atoms with Crippen molar-refractivity contribution in [2.45, 2.75) is 32.2 Å². The van der Waals surface area contributed by atoms with Crippen molar-refractivity contribution < 1.29 is 4.92 Å². The van der Waals surface area contributed by atoms with Gasteiger partial charge in [-0.15, -0.1) is 0 Å². The number of hydrogen-bond donors (Lipinski definition) is 2. The minimum atomic E-state index is -0.380. The Bertz CT molecular complexity index is 670. The number of aryl methyl sites for hydroxylation is 1. The number of nitrogens with one attached hydrogen (secondary N) is 1. The highest BCUT2D eigenvalue weighted by molar-refractivity contribution is 5.81. The maximum Gasteiger partial charge on any atom is 0.293 e. The van der Waals surface area contributed by atoms with Crippen LogP contribution < -0.4 is 11.1 Å². The van der Waals surface area contributed by atoms with Crippen molar-refractivity contribution >= 4 is 11.4 Å². The predicted molar refractivity (Wildman–Crippen MR) is 89.1 cm³/mol. The van der Waals surface area contributed by atoms with Crippen LogP contribution in [0.15, 0.2) is 24.5 Å². The number of nitrogens with zero attached hydrogens (tertiary/aromatic N) is 4. The van der Waals surface area contributed by atoms with E-state index >= 15 is 0 Å². The van der Waals surface area contributed by atoms with E-state index in [4.69, 9.17) is 5.73 Å². The van der Waals surface area contributed by atoms with Crippen LogP contribution in [-0.2, 0) is 7.05 Å². The molecular weight excluding hydrogens is 296 g/mol. The lowest BCUT2D eigenvalue weighted by molar-refractivity contribution is -0.383. The van der Waals surface area contributed by atoms with Crippen molar-refractivity contribution in [1.29, 1.82) is 0 Å². The molecular formula is C15H22N6O2. The molecule has 2 rings (SSSR count). The smallest absolute Gasteiger partial charge is 0.293 e. The van der Waals surface area contributed by atoms with Crippen LogP contribution in [0, 0.1) is 10.1 Å². The third-order valence-corrected chi connectivity index (χ3v) is 3.67. The Labute approximate surface area is 134 Å². The van der Waals surface area contributed by atoms with Gasteiger partial charge in [-0.3, -0.25) is 10.1 Å². The molecule has 0 fully saturated rings. The third kappa shape index (κ3) is 4.04. The van der Waals surface area contributed by atoms with E-state index in [1.807, 2.05) is 13.0 Å². The number of nitrogens with two attached hydrogens (primary N) is 1. The van der Waals surface area contributed by atoms with Crippen molar-refractivity contribution in [3.05, 3.63) is 34.6 Å². The Kier molecular flexibility index (Phi) is 5.64. The van der Waals surface area contributed by atoms with Crippen molar-refractivity contribution in [1.82, 2.24) is 14.8 Å². The van der Waals surface area contributed by atoms with Crippen LogP contribution in [0.3, 0.4) is 0 Å². The monoisotopic (exact) mass is 318 g/mol. The molecule has 1 unspecified atom stereocenters. The molecule has 124 valence electrons. The number of nitro groups is 1. The molecule has 0 saturated heterocycles. The molecule has 0 saturated carbocycles. The van der Waals surface area contributed by atoms with E-state index < -0.39 is 0 Å². The Morgan fingerprint density at radius 2 is 2.22 bits per heavy atom. The number of unbranched alkanes of at least 4 members (excludes halogenated alkanes) is 1. The van der Waals surface area contributed by atoms with E-state index in [2.05, 4.69) is 15.4 Å². The van der Waals surface area contributed by atoms with Gasteiger partial charge in [-0.1, -0.05) is 12.5 Å². The minimum Gasteiger partial charge on any atom is -0.376 e. The maximum absolute atomic E-state index is 11.4. The molecule has 0 aliphatic heterocycles. The molecule has 1 aromatic carbocycles. The summed E-state index contributed by atoms with van der Waals surface area (Å²) in [6, 6.07) is 5.06. The lowest BCUT2D eigenvalue weighted by Crippen LogP contribution is -2.17. The Balaban J connectivity index is 2.35. The summed E-state index contributed by atoms with van der Waals surface area (Å²) in [6.07, 6.45) is 4.24. The molecule has 0 bridgehead atoms. The first-order chi connectivity index (χ1) is 11.0. The van der Waals surface area contributed by atoms with Gasteiger partial charge in [0.15, 0.2) is 5.82 Å². The summed E-state index contributed by atoms with van der Waals surface area (Å²) >= 11 is 0. The highest BCUT2D eigenvalue weighted by Gasteiger charge is 2.22. The maximum atomic E-state index is 11.4. The second-order valence-corrected chi connectivity index (χ2v) is 5.49. The first kappa shape index (κ1) is 16.9. The summed E-state index contributed by atoms with van der Waals surface area (Å²) in [4.78, 5) is 15.2. The summed E-state index contributed by atoms with van der Waals surface area (Å²) in [7, 11) is 1.76. The van der Waals surface area contributed by atoms with Gasteiger partial charge < -0.3 is 11.1 Å². The van der Waals surface area contributed by atoms with Crippen LogP contribution in [0.5, 0.6) is 0 Å². The summed E-state index contributed by atoms with van der Waals surface area (Å²) in [5.74, 6) is 0.588. The van der Waals surface area contributed by atoms with Gasteiger partial charge in [-0.05, 0) is 32.4 Å². The van der Waals surface area contributed by atoms with Crippen molar-refractivity contribution in [2.24, 2.45) is 12.8 Å². The quantitative estimate of drug-likeness (QED) is 0.439. The SMILES string of the molecule is CC(CCCCN)Nc1c(-c2ncnn2C)cccc1[N+](=O)[O-]. The molecule has 2 aromatic rings. The summed E-state index contributed by atoms with van der Waals surface area (Å²) in [5.41, 5.74) is 6.70. The van der Waals surface area contributed by atoms with Crippen molar-refractivity contribution in [3.8, 4) is 11.4 Å². The molecule has 1 heterocycles. The number of rotatable bonds is 8. The van der Waals surface area contributed by atoms with Gasteiger partial charge in [0.05, 0.1) is 4.92 Å². The Morgan fingerprint density at radius 1 is 1.43 bits per heavy atom. The van der Waals surface area contributed by atoms with Crippen LogP contribution in [0.1, 0.15) is 26.2 Å². The fraction of sp³-hybridized carbons (Fsp3) is 0.467. The highest BCUT2D eigenvalue weighted by atomic mass is 16.6. The number of benzene rings is 1. The summed E-state index contributed by atoms with van der Waals surface area (Å²) < 4.78 is 1.60. The molecule has 0 amide bonds. The van der Waals surface area contributed by atoms with Gasteiger partial charge in [0.25, 0.3) is 5.69 Å². The third-order valence-electron chi connectivity index (χ3n) is 3.67. The first-order valence-corrected chi connectivity index (χ1v) is 7.63. The molecule has 1 aromatic heterocycles. The molecule has 3 N–H and O–H groups in total. The molecule has 0 aliphatic carbocycles. The summed E-state index contributed by atoms with van der Waals surface area (Å²) in [5, 5.41) is 18.7. The fourth-order valence-corrected chi connectivity index (χ4v) is 2.48.